The summed E-state index contributed by atoms with van der Waals surface area (Å²) in [5.74, 6) is 0.520. The van der Waals surface area contributed by atoms with Crippen molar-refractivity contribution < 1.29 is 13.2 Å². The lowest BCUT2D eigenvalue weighted by atomic mass is 10.0. The zero-order chi connectivity index (χ0) is 15.8. The Labute approximate surface area is 128 Å². The molecule has 1 amide bonds. The molecule has 1 aliphatic heterocycles. The van der Waals surface area contributed by atoms with Gasteiger partial charge in [0.2, 0.25) is 5.91 Å². The predicted octanol–water partition coefficient (Wildman–Crippen LogP) is 1.54. The molecule has 0 aromatic carbocycles. The van der Waals surface area contributed by atoms with Crippen molar-refractivity contribution >= 4 is 15.7 Å². The van der Waals surface area contributed by atoms with Crippen LogP contribution in [0.1, 0.15) is 52.9 Å². The molecule has 0 bridgehead atoms. The summed E-state index contributed by atoms with van der Waals surface area (Å²) in [4.78, 5) is 14.4. The predicted molar refractivity (Wildman–Crippen MR) is 83.6 cm³/mol. The third-order valence-corrected chi connectivity index (χ3v) is 7.24. The average molecular weight is 316 g/mol. The van der Waals surface area contributed by atoms with Crippen molar-refractivity contribution in [3.8, 4) is 0 Å². The molecule has 1 saturated carbocycles. The average Bonchev–Trinajstić information content (AvgIpc) is 2.97. The molecule has 0 aromatic heterocycles. The molecule has 1 aliphatic carbocycles. The summed E-state index contributed by atoms with van der Waals surface area (Å²) >= 11 is 0. The molecule has 0 spiro atoms. The van der Waals surface area contributed by atoms with Crippen LogP contribution in [0.25, 0.3) is 0 Å². The molecule has 2 rings (SSSR count). The summed E-state index contributed by atoms with van der Waals surface area (Å²) in [5.41, 5.74) is 0. The first-order chi connectivity index (χ1) is 9.67. The SMILES string of the molecule is CCC1NC(C2CCCC2)N(CC(C)(C)S(C)(=O)=O)C1=O. The summed E-state index contributed by atoms with van der Waals surface area (Å²) in [6, 6.07) is -0.161. The number of nitrogens with one attached hydrogen (secondary N) is 1. The van der Waals surface area contributed by atoms with Crippen molar-refractivity contribution in [3.63, 3.8) is 0 Å². The summed E-state index contributed by atoms with van der Waals surface area (Å²) in [6.45, 7) is 5.68. The number of sulfone groups is 1. The topological polar surface area (TPSA) is 66.5 Å². The van der Waals surface area contributed by atoms with Crippen molar-refractivity contribution in [1.82, 2.24) is 10.2 Å². The minimum atomic E-state index is -3.21. The van der Waals surface area contributed by atoms with Gasteiger partial charge in [0.25, 0.3) is 0 Å². The molecular formula is C15H28N2O3S. The molecule has 2 unspecified atom stereocenters. The van der Waals surface area contributed by atoms with E-state index in [1.54, 1.807) is 18.7 Å². The Morgan fingerprint density at radius 1 is 1.29 bits per heavy atom. The quantitative estimate of drug-likeness (QED) is 0.835. The maximum atomic E-state index is 12.6. The van der Waals surface area contributed by atoms with E-state index in [9.17, 15) is 13.2 Å². The zero-order valence-corrected chi connectivity index (χ0v) is 14.4. The molecule has 2 aliphatic rings. The smallest absolute Gasteiger partial charge is 0.241 e. The first-order valence-electron chi connectivity index (χ1n) is 7.93. The van der Waals surface area contributed by atoms with E-state index in [1.807, 2.05) is 6.92 Å². The molecule has 6 heteroatoms. The maximum absolute atomic E-state index is 12.6. The van der Waals surface area contributed by atoms with E-state index < -0.39 is 14.6 Å². The van der Waals surface area contributed by atoms with Crippen LogP contribution in [0.4, 0.5) is 0 Å². The van der Waals surface area contributed by atoms with Gasteiger partial charge >= 0.3 is 0 Å². The molecule has 0 aromatic rings. The zero-order valence-electron chi connectivity index (χ0n) is 13.6. The van der Waals surface area contributed by atoms with Gasteiger partial charge in [0.15, 0.2) is 9.84 Å². The third kappa shape index (κ3) is 3.26. The molecule has 1 saturated heterocycles. The van der Waals surface area contributed by atoms with Crippen LogP contribution < -0.4 is 5.32 Å². The second-order valence-corrected chi connectivity index (χ2v) is 9.76. The highest BCUT2D eigenvalue weighted by molar-refractivity contribution is 7.92. The van der Waals surface area contributed by atoms with Crippen molar-refractivity contribution in [1.29, 1.82) is 0 Å². The maximum Gasteiger partial charge on any atom is 0.241 e. The van der Waals surface area contributed by atoms with Gasteiger partial charge in [-0.2, -0.15) is 0 Å². The van der Waals surface area contributed by atoms with E-state index in [0.29, 0.717) is 5.92 Å². The number of carbonyl (C=O) groups excluding carboxylic acids is 1. The number of carbonyl (C=O) groups is 1. The number of rotatable bonds is 5. The van der Waals surface area contributed by atoms with Gasteiger partial charge in [-0.05, 0) is 39.0 Å². The molecule has 21 heavy (non-hydrogen) atoms. The first-order valence-corrected chi connectivity index (χ1v) is 9.82. The van der Waals surface area contributed by atoms with Crippen LogP contribution in [0.15, 0.2) is 0 Å². The van der Waals surface area contributed by atoms with E-state index in [1.165, 1.54) is 19.1 Å². The molecule has 1 heterocycles. The van der Waals surface area contributed by atoms with Gasteiger partial charge in [-0.25, -0.2) is 8.42 Å². The van der Waals surface area contributed by atoms with E-state index >= 15 is 0 Å². The van der Waals surface area contributed by atoms with Crippen LogP contribution in [0.3, 0.4) is 0 Å². The first kappa shape index (κ1) is 16.7. The van der Waals surface area contributed by atoms with E-state index in [-0.39, 0.29) is 24.7 Å². The Bertz CT molecular complexity index is 495. The minimum absolute atomic E-state index is 0.00553. The third-order valence-electron chi connectivity index (χ3n) is 5.10. The van der Waals surface area contributed by atoms with E-state index in [4.69, 9.17) is 0 Å². The van der Waals surface area contributed by atoms with Crippen LogP contribution in [0.2, 0.25) is 0 Å². The molecule has 0 radical (unpaired) electrons. The molecule has 122 valence electrons. The number of hydrogen-bond donors (Lipinski definition) is 1. The second kappa shape index (κ2) is 5.88. The van der Waals surface area contributed by atoms with Crippen molar-refractivity contribution in [3.05, 3.63) is 0 Å². The fourth-order valence-electron chi connectivity index (χ4n) is 3.36. The molecule has 5 nitrogen and oxygen atoms in total. The van der Waals surface area contributed by atoms with Gasteiger partial charge in [-0.1, -0.05) is 19.8 Å². The van der Waals surface area contributed by atoms with Crippen molar-refractivity contribution in [2.24, 2.45) is 5.92 Å². The summed E-state index contributed by atoms with van der Waals surface area (Å²) in [6.07, 6.45) is 6.66. The lowest BCUT2D eigenvalue weighted by Crippen LogP contribution is -2.51. The molecule has 2 fully saturated rings. The van der Waals surface area contributed by atoms with Gasteiger partial charge < -0.3 is 4.90 Å². The van der Waals surface area contributed by atoms with Gasteiger partial charge in [-0.15, -0.1) is 0 Å². The van der Waals surface area contributed by atoms with Crippen LogP contribution in [0.5, 0.6) is 0 Å². The largest absolute Gasteiger partial charge is 0.324 e. The van der Waals surface area contributed by atoms with Gasteiger partial charge in [0.05, 0.1) is 17.0 Å². The minimum Gasteiger partial charge on any atom is -0.324 e. The molecular weight excluding hydrogens is 288 g/mol. The van der Waals surface area contributed by atoms with Crippen LogP contribution in [-0.4, -0.2) is 49.0 Å². The lowest BCUT2D eigenvalue weighted by Gasteiger charge is -2.34. The monoisotopic (exact) mass is 316 g/mol. The lowest BCUT2D eigenvalue weighted by molar-refractivity contribution is -0.131. The summed E-state index contributed by atoms with van der Waals surface area (Å²) in [5, 5.41) is 3.44. The fraction of sp³-hybridized carbons (Fsp3) is 0.933. The Morgan fingerprint density at radius 3 is 2.33 bits per heavy atom. The van der Waals surface area contributed by atoms with E-state index in [0.717, 1.165) is 19.3 Å². The van der Waals surface area contributed by atoms with E-state index in [2.05, 4.69) is 5.32 Å². The van der Waals surface area contributed by atoms with Crippen LogP contribution >= 0.6 is 0 Å². The van der Waals surface area contributed by atoms with Crippen LogP contribution in [-0.2, 0) is 14.6 Å². The van der Waals surface area contributed by atoms with Crippen molar-refractivity contribution in [2.45, 2.75) is 69.8 Å². The highest BCUT2D eigenvalue weighted by Gasteiger charge is 2.46. The highest BCUT2D eigenvalue weighted by Crippen LogP contribution is 2.33. The Morgan fingerprint density at radius 2 is 1.86 bits per heavy atom. The van der Waals surface area contributed by atoms with Gasteiger partial charge in [0.1, 0.15) is 0 Å². The number of amides is 1. The second-order valence-electron chi connectivity index (χ2n) is 7.11. The van der Waals surface area contributed by atoms with Crippen LogP contribution in [0, 0.1) is 5.92 Å². The Balaban J connectivity index is 2.22. The number of nitrogens with zero attached hydrogens (tertiary/aromatic N) is 1. The molecule has 2 atom stereocenters. The Hall–Kier alpha value is -0.620. The molecule has 1 N–H and O–H groups in total. The fourth-order valence-corrected chi connectivity index (χ4v) is 3.74. The van der Waals surface area contributed by atoms with Gasteiger partial charge in [0, 0.05) is 12.8 Å². The standard InChI is InChI=1S/C15H28N2O3S/c1-5-12-14(18)17(10-15(2,3)21(4,19)20)13(16-12)11-8-6-7-9-11/h11-13,16H,5-10H2,1-4H3. The van der Waals surface area contributed by atoms with Gasteiger partial charge in [-0.3, -0.25) is 10.1 Å². The normalized spacial score (nSPS) is 28.6. The number of hydrogen-bond acceptors (Lipinski definition) is 4. The summed E-state index contributed by atoms with van der Waals surface area (Å²) < 4.78 is 23.0. The summed E-state index contributed by atoms with van der Waals surface area (Å²) in [7, 11) is -3.21. The van der Waals surface area contributed by atoms with Crippen molar-refractivity contribution in [2.75, 3.05) is 12.8 Å². The Kier molecular flexibility index (Phi) is 4.69. The highest BCUT2D eigenvalue weighted by atomic mass is 32.2.